The van der Waals surface area contributed by atoms with Gasteiger partial charge in [-0.2, -0.15) is 0 Å². The molecule has 0 radical (unpaired) electrons. The summed E-state index contributed by atoms with van der Waals surface area (Å²) in [5.74, 6) is -0.785. The quantitative estimate of drug-likeness (QED) is 0.100. The molecule has 4 nitrogen and oxygen atoms in total. The Balaban J connectivity index is 4.84. The number of carbonyl (C=O) groups excluding carboxylic acids is 2. The molecule has 0 fully saturated rings. The Morgan fingerprint density at radius 3 is 1.73 bits per heavy atom. The third-order valence-corrected chi connectivity index (χ3v) is 13.2. The zero-order valence-electron chi connectivity index (χ0n) is 20.9. The fourth-order valence-corrected chi connectivity index (χ4v) is 10.2. The summed E-state index contributed by atoms with van der Waals surface area (Å²) in [4.78, 5) is 25.1. The van der Waals surface area contributed by atoms with Gasteiger partial charge in [0.15, 0.2) is 0 Å². The van der Waals surface area contributed by atoms with E-state index < -0.39 is 14.3 Å². The predicted molar refractivity (Wildman–Crippen MR) is 129 cm³/mol. The monoisotopic (exact) mass is 440 g/mol. The molecule has 0 saturated heterocycles. The molecule has 0 aromatic heterocycles. The number of hydrogen-bond acceptors (Lipinski definition) is 4. The molecular formula is C25H48O4Si. The molecule has 0 rings (SSSR count). The highest BCUT2D eigenvalue weighted by Gasteiger charge is 2.51. The molecule has 176 valence electrons. The minimum absolute atomic E-state index is 0.0827. The van der Waals surface area contributed by atoms with Gasteiger partial charge in [0.1, 0.15) is 0 Å². The maximum absolute atomic E-state index is 12.9. The molecule has 30 heavy (non-hydrogen) atoms. The minimum Gasteiger partial charge on any atom is -0.515 e. The summed E-state index contributed by atoms with van der Waals surface area (Å²) < 4.78 is 11.6. The summed E-state index contributed by atoms with van der Waals surface area (Å²) >= 11 is 0. The summed E-state index contributed by atoms with van der Waals surface area (Å²) in [5.41, 5.74) is 1.30. The zero-order valence-corrected chi connectivity index (χ0v) is 21.9. The van der Waals surface area contributed by atoms with Crippen molar-refractivity contribution in [2.45, 2.75) is 129 Å². The van der Waals surface area contributed by atoms with Gasteiger partial charge in [0.05, 0.1) is 13.0 Å². The highest BCUT2D eigenvalue weighted by Crippen LogP contribution is 2.47. The van der Waals surface area contributed by atoms with Crippen LogP contribution in [0.25, 0.3) is 0 Å². The number of esters is 1. The van der Waals surface area contributed by atoms with Crippen molar-refractivity contribution in [3.8, 4) is 0 Å². The van der Waals surface area contributed by atoms with E-state index in [-0.39, 0.29) is 18.0 Å². The van der Waals surface area contributed by atoms with Crippen LogP contribution in [0.4, 0.5) is 0 Å². The van der Waals surface area contributed by atoms with Gasteiger partial charge in [-0.1, -0.05) is 106 Å². The minimum atomic E-state index is -2.39. The number of unbranched alkanes of at least 4 members (excludes halogenated alkanes) is 5. The van der Waals surface area contributed by atoms with Crippen molar-refractivity contribution in [1.29, 1.82) is 0 Å². The standard InChI is InChI=1S/C25H48O4Si/c1-9-13-14-15-16-17-18-28-24(26)19-20(5)25(27)29-30(21(6)10-2,22(7)11-3)23(8)12-4/h21-23H,5,9-19H2,1-4,6-8H3. The zero-order chi connectivity index (χ0) is 23.2. The number of rotatable bonds is 17. The SMILES string of the molecule is C=C(CC(=O)OCCCCCCCC)C(=O)O[Si](C(C)CC)(C(C)CC)C(C)CC. The van der Waals surface area contributed by atoms with E-state index in [2.05, 4.69) is 55.0 Å². The average Bonchev–Trinajstić information content (AvgIpc) is 2.74. The van der Waals surface area contributed by atoms with Crippen LogP contribution in [0.15, 0.2) is 12.2 Å². The van der Waals surface area contributed by atoms with E-state index in [1.54, 1.807) is 0 Å². The highest BCUT2D eigenvalue weighted by molar-refractivity contribution is 6.79. The number of hydrogen-bond donors (Lipinski definition) is 0. The third kappa shape index (κ3) is 8.95. The van der Waals surface area contributed by atoms with Crippen LogP contribution in [0, 0.1) is 0 Å². The van der Waals surface area contributed by atoms with E-state index in [1.807, 2.05) is 0 Å². The third-order valence-electron chi connectivity index (χ3n) is 6.82. The summed E-state index contributed by atoms with van der Waals surface area (Å²) in [5, 5.41) is 0. The first-order chi connectivity index (χ1) is 14.2. The predicted octanol–water partition coefficient (Wildman–Crippen LogP) is 7.73. The van der Waals surface area contributed by atoms with Crippen molar-refractivity contribution < 1.29 is 18.8 Å². The van der Waals surface area contributed by atoms with Gasteiger partial charge in [-0.3, -0.25) is 4.79 Å². The summed E-state index contributed by atoms with van der Waals surface area (Å²) in [7, 11) is -2.39. The van der Waals surface area contributed by atoms with Gasteiger partial charge in [0.25, 0.3) is 8.32 Å². The summed E-state index contributed by atoms with van der Waals surface area (Å²) in [6.45, 7) is 19.6. The Morgan fingerprint density at radius 2 is 1.27 bits per heavy atom. The van der Waals surface area contributed by atoms with Crippen LogP contribution >= 0.6 is 0 Å². The molecular weight excluding hydrogens is 392 g/mol. The van der Waals surface area contributed by atoms with Gasteiger partial charge in [-0.25, -0.2) is 4.79 Å². The average molecular weight is 441 g/mol. The maximum atomic E-state index is 12.9. The molecule has 0 heterocycles. The molecule has 0 aliphatic rings. The molecule has 3 unspecified atom stereocenters. The van der Waals surface area contributed by atoms with Gasteiger partial charge < -0.3 is 9.16 Å². The molecule has 0 saturated carbocycles. The molecule has 5 heteroatoms. The van der Waals surface area contributed by atoms with Crippen LogP contribution < -0.4 is 0 Å². The Morgan fingerprint density at radius 1 is 0.800 bits per heavy atom. The molecule has 0 aliphatic carbocycles. The molecule has 0 aromatic carbocycles. The fraction of sp³-hybridized carbons (Fsp3) is 0.840. The van der Waals surface area contributed by atoms with Gasteiger partial charge in [-0.05, 0) is 23.0 Å². The molecule has 0 aromatic rings. The first-order valence-corrected chi connectivity index (χ1v) is 14.4. The van der Waals surface area contributed by atoms with Crippen LogP contribution in [0.5, 0.6) is 0 Å². The van der Waals surface area contributed by atoms with Crippen molar-refractivity contribution in [1.82, 2.24) is 0 Å². The van der Waals surface area contributed by atoms with Crippen LogP contribution in [-0.4, -0.2) is 26.9 Å². The van der Waals surface area contributed by atoms with Gasteiger partial charge in [0.2, 0.25) is 0 Å². The van der Waals surface area contributed by atoms with E-state index >= 15 is 0 Å². The molecule has 0 amide bonds. The van der Waals surface area contributed by atoms with Crippen LogP contribution in [-0.2, 0) is 18.8 Å². The number of carbonyl (C=O) groups is 2. The van der Waals surface area contributed by atoms with Crippen LogP contribution in [0.2, 0.25) is 16.6 Å². The maximum Gasteiger partial charge on any atom is 0.320 e. The Hall–Kier alpha value is -1.10. The second kappa shape index (κ2) is 15.7. The van der Waals surface area contributed by atoms with Crippen molar-refractivity contribution in [3.05, 3.63) is 12.2 Å². The lowest BCUT2D eigenvalue weighted by molar-refractivity contribution is -0.144. The Labute approximate surface area is 187 Å². The normalized spacial score (nSPS) is 16.2. The first-order valence-electron chi connectivity index (χ1n) is 12.3. The second-order valence-electron chi connectivity index (χ2n) is 8.94. The van der Waals surface area contributed by atoms with Crippen molar-refractivity contribution >= 4 is 20.3 Å². The van der Waals surface area contributed by atoms with Crippen molar-refractivity contribution in [2.24, 2.45) is 0 Å². The summed E-state index contributed by atoms with van der Waals surface area (Å²) in [6.07, 6.45) is 9.73. The van der Waals surface area contributed by atoms with Crippen LogP contribution in [0.3, 0.4) is 0 Å². The highest BCUT2D eigenvalue weighted by atomic mass is 28.4. The van der Waals surface area contributed by atoms with E-state index in [0.29, 0.717) is 23.2 Å². The lowest BCUT2D eigenvalue weighted by Crippen LogP contribution is -2.51. The molecule has 0 N–H and O–H groups in total. The van der Waals surface area contributed by atoms with Crippen molar-refractivity contribution in [2.75, 3.05) is 6.61 Å². The van der Waals surface area contributed by atoms with E-state index in [0.717, 1.165) is 32.1 Å². The smallest absolute Gasteiger partial charge is 0.320 e. The first kappa shape index (κ1) is 28.9. The topological polar surface area (TPSA) is 52.6 Å². The Bertz CT molecular complexity index is 491. The summed E-state index contributed by atoms with van der Waals surface area (Å²) in [6, 6.07) is 0. The molecule has 3 atom stereocenters. The lowest BCUT2D eigenvalue weighted by Gasteiger charge is -2.44. The van der Waals surface area contributed by atoms with Crippen LogP contribution in [0.1, 0.15) is 113 Å². The largest absolute Gasteiger partial charge is 0.515 e. The van der Waals surface area contributed by atoms with Gasteiger partial charge >= 0.3 is 11.9 Å². The van der Waals surface area contributed by atoms with Gasteiger partial charge in [-0.15, -0.1) is 0 Å². The van der Waals surface area contributed by atoms with Crippen molar-refractivity contribution in [3.63, 3.8) is 0 Å². The van der Waals surface area contributed by atoms with E-state index in [1.165, 1.54) is 25.7 Å². The second-order valence-corrected chi connectivity index (χ2v) is 13.8. The van der Waals surface area contributed by atoms with E-state index in [4.69, 9.17) is 9.16 Å². The molecule has 0 bridgehead atoms. The Kier molecular flexibility index (Phi) is 15.1. The van der Waals surface area contributed by atoms with Gasteiger partial charge in [0, 0.05) is 5.57 Å². The molecule has 0 spiro atoms. The fourth-order valence-electron chi connectivity index (χ4n) is 4.31. The lowest BCUT2D eigenvalue weighted by atomic mass is 10.1. The molecule has 0 aliphatic heterocycles. The van der Waals surface area contributed by atoms with E-state index in [9.17, 15) is 9.59 Å². The number of ether oxygens (including phenoxy) is 1.